The fourth-order valence-corrected chi connectivity index (χ4v) is 2.18. The van der Waals surface area contributed by atoms with Crippen LogP contribution in [0.25, 0.3) is 11.0 Å². The van der Waals surface area contributed by atoms with E-state index < -0.39 is 11.7 Å². The highest BCUT2D eigenvalue weighted by atomic mass is 19.4. The molecule has 2 aromatic heterocycles. The van der Waals surface area contributed by atoms with Crippen LogP contribution in [-0.4, -0.2) is 9.55 Å². The minimum atomic E-state index is -4.35. The average Bonchev–Trinajstić information content (AvgIpc) is 2.97. The standard InChI is InChI=1S/C14H11F3N2O/c1-9-18-12-7-10(14(15,16)17)4-5-13(12)19(9)8-11-3-2-6-20-11/h2-7H,8H2,1H3. The third-order valence-electron chi connectivity index (χ3n) is 3.16. The second-order valence-electron chi connectivity index (χ2n) is 4.53. The van der Waals surface area contributed by atoms with E-state index in [1.165, 1.54) is 6.07 Å². The third-order valence-corrected chi connectivity index (χ3v) is 3.16. The molecule has 0 amide bonds. The first-order chi connectivity index (χ1) is 9.45. The molecule has 3 nitrogen and oxygen atoms in total. The van der Waals surface area contributed by atoms with Crippen LogP contribution in [0.15, 0.2) is 41.0 Å². The lowest BCUT2D eigenvalue weighted by atomic mass is 10.2. The number of rotatable bonds is 2. The van der Waals surface area contributed by atoms with Crippen LogP contribution in [0.5, 0.6) is 0 Å². The maximum Gasteiger partial charge on any atom is 0.416 e. The van der Waals surface area contributed by atoms with Crippen molar-refractivity contribution in [1.82, 2.24) is 9.55 Å². The number of alkyl halides is 3. The Morgan fingerprint density at radius 2 is 2.05 bits per heavy atom. The summed E-state index contributed by atoms with van der Waals surface area (Å²) in [5.74, 6) is 1.38. The van der Waals surface area contributed by atoms with E-state index in [0.717, 1.165) is 17.9 Å². The molecule has 2 heterocycles. The smallest absolute Gasteiger partial charge is 0.416 e. The fourth-order valence-electron chi connectivity index (χ4n) is 2.18. The predicted octanol–water partition coefficient (Wildman–Crippen LogP) is 4.00. The molecular formula is C14H11F3N2O. The zero-order valence-corrected chi connectivity index (χ0v) is 10.6. The molecule has 0 spiro atoms. The van der Waals surface area contributed by atoms with Crippen molar-refractivity contribution >= 4 is 11.0 Å². The van der Waals surface area contributed by atoms with Crippen LogP contribution in [0.1, 0.15) is 17.1 Å². The van der Waals surface area contributed by atoms with Crippen LogP contribution in [-0.2, 0) is 12.7 Å². The van der Waals surface area contributed by atoms with Gasteiger partial charge in [-0.05, 0) is 37.3 Å². The molecular weight excluding hydrogens is 269 g/mol. The van der Waals surface area contributed by atoms with E-state index in [-0.39, 0.29) is 0 Å². The second kappa shape index (κ2) is 4.40. The zero-order chi connectivity index (χ0) is 14.3. The van der Waals surface area contributed by atoms with Crippen LogP contribution >= 0.6 is 0 Å². The number of hydrogen-bond donors (Lipinski definition) is 0. The van der Waals surface area contributed by atoms with Gasteiger partial charge >= 0.3 is 6.18 Å². The first-order valence-electron chi connectivity index (χ1n) is 6.01. The van der Waals surface area contributed by atoms with Crippen molar-refractivity contribution in [3.63, 3.8) is 0 Å². The molecule has 0 fully saturated rings. The maximum absolute atomic E-state index is 12.7. The lowest BCUT2D eigenvalue weighted by Crippen LogP contribution is -2.05. The van der Waals surface area contributed by atoms with Crippen molar-refractivity contribution in [3.8, 4) is 0 Å². The van der Waals surface area contributed by atoms with Gasteiger partial charge in [0.15, 0.2) is 0 Å². The average molecular weight is 280 g/mol. The molecule has 0 N–H and O–H groups in total. The Kier molecular flexibility index (Phi) is 2.81. The Morgan fingerprint density at radius 1 is 1.25 bits per heavy atom. The van der Waals surface area contributed by atoms with Crippen molar-refractivity contribution in [2.75, 3.05) is 0 Å². The minimum Gasteiger partial charge on any atom is -0.467 e. The molecule has 0 saturated carbocycles. The van der Waals surface area contributed by atoms with E-state index in [1.54, 1.807) is 19.3 Å². The number of benzene rings is 1. The van der Waals surface area contributed by atoms with Gasteiger partial charge in [0.05, 0.1) is 29.4 Å². The molecule has 3 rings (SSSR count). The van der Waals surface area contributed by atoms with Gasteiger partial charge in [0.25, 0.3) is 0 Å². The van der Waals surface area contributed by atoms with Crippen molar-refractivity contribution in [3.05, 3.63) is 53.7 Å². The maximum atomic E-state index is 12.7. The topological polar surface area (TPSA) is 31.0 Å². The van der Waals surface area contributed by atoms with E-state index in [0.29, 0.717) is 23.4 Å². The highest BCUT2D eigenvalue weighted by Gasteiger charge is 2.31. The van der Waals surface area contributed by atoms with E-state index in [2.05, 4.69) is 4.98 Å². The molecule has 0 aliphatic rings. The Balaban J connectivity index is 2.08. The monoisotopic (exact) mass is 280 g/mol. The normalized spacial score (nSPS) is 12.2. The number of furan rings is 1. The molecule has 6 heteroatoms. The SMILES string of the molecule is Cc1nc2cc(C(F)(F)F)ccc2n1Cc1ccco1. The summed E-state index contributed by atoms with van der Waals surface area (Å²) in [6.07, 6.45) is -2.79. The van der Waals surface area contributed by atoms with Gasteiger partial charge in [-0.2, -0.15) is 13.2 Å². The summed E-state index contributed by atoms with van der Waals surface area (Å²) in [6, 6.07) is 7.17. The molecule has 20 heavy (non-hydrogen) atoms. The second-order valence-corrected chi connectivity index (χ2v) is 4.53. The molecule has 0 saturated heterocycles. The molecule has 1 aromatic carbocycles. The molecule has 0 unspecified atom stereocenters. The van der Waals surface area contributed by atoms with Crippen LogP contribution < -0.4 is 0 Å². The highest BCUT2D eigenvalue weighted by molar-refractivity contribution is 5.77. The van der Waals surface area contributed by atoms with Gasteiger partial charge in [-0.3, -0.25) is 0 Å². The molecule has 104 valence electrons. The van der Waals surface area contributed by atoms with Crippen molar-refractivity contribution < 1.29 is 17.6 Å². The van der Waals surface area contributed by atoms with E-state index in [4.69, 9.17) is 4.42 Å². The summed E-state index contributed by atoms with van der Waals surface area (Å²) >= 11 is 0. The van der Waals surface area contributed by atoms with Gasteiger partial charge in [-0.1, -0.05) is 0 Å². The van der Waals surface area contributed by atoms with Gasteiger partial charge in [0.2, 0.25) is 0 Å². The number of halogens is 3. The number of imidazole rings is 1. The third kappa shape index (κ3) is 2.17. The lowest BCUT2D eigenvalue weighted by Gasteiger charge is -2.07. The van der Waals surface area contributed by atoms with Gasteiger partial charge in [0, 0.05) is 0 Å². The summed E-state index contributed by atoms with van der Waals surface area (Å²) in [6.45, 7) is 2.21. The number of fused-ring (bicyclic) bond motifs is 1. The number of aromatic nitrogens is 2. The summed E-state index contributed by atoms with van der Waals surface area (Å²) in [7, 11) is 0. The first-order valence-corrected chi connectivity index (χ1v) is 6.01. The van der Waals surface area contributed by atoms with E-state index >= 15 is 0 Å². The minimum absolute atomic E-state index is 0.337. The Morgan fingerprint density at radius 3 is 2.70 bits per heavy atom. The lowest BCUT2D eigenvalue weighted by molar-refractivity contribution is -0.137. The van der Waals surface area contributed by atoms with E-state index in [1.807, 2.05) is 10.6 Å². The van der Waals surface area contributed by atoms with Crippen molar-refractivity contribution in [1.29, 1.82) is 0 Å². The quantitative estimate of drug-likeness (QED) is 0.710. The van der Waals surface area contributed by atoms with Crippen molar-refractivity contribution in [2.45, 2.75) is 19.6 Å². The molecule has 3 aromatic rings. The van der Waals surface area contributed by atoms with Crippen LogP contribution in [0.3, 0.4) is 0 Å². The summed E-state index contributed by atoms with van der Waals surface area (Å²) < 4.78 is 45.1. The van der Waals surface area contributed by atoms with Crippen LogP contribution in [0.2, 0.25) is 0 Å². The Bertz CT molecular complexity index is 742. The largest absolute Gasteiger partial charge is 0.467 e. The molecule has 0 atom stereocenters. The zero-order valence-electron chi connectivity index (χ0n) is 10.6. The van der Waals surface area contributed by atoms with Crippen LogP contribution in [0.4, 0.5) is 13.2 Å². The summed E-state index contributed by atoms with van der Waals surface area (Å²) in [4.78, 5) is 4.19. The van der Waals surface area contributed by atoms with Gasteiger partial charge in [0.1, 0.15) is 11.6 Å². The first kappa shape index (κ1) is 12.8. The van der Waals surface area contributed by atoms with Crippen LogP contribution in [0, 0.1) is 6.92 Å². The fraction of sp³-hybridized carbons (Fsp3) is 0.214. The number of nitrogens with zero attached hydrogens (tertiary/aromatic N) is 2. The summed E-state index contributed by atoms with van der Waals surface area (Å²) in [5, 5.41) is 0. The van der Waals surface area contributed by atoms with Gasteiger partial charge in [-0.15, -0.1) is 0 Å². The van der Waals surface area contributed by atoms with Gasteiger partial charge in [-0.25, -0.2) is 4.98 Å². The van der Waals surface area contributed by atoms with E-state index in [9.17, 15) is 13.2 Å². The predicted molar refractivity (Wildman–Crippen MR) is 67.3 cm³/mol. The molecule has 0 bridgehead atoms. The van der Waals surface area contributed by atoms with Crippen molar-refractivity contribution in [2.24, 2.45) is 0 Å². The Hall–Kier alpha value is -2.24. The summed E-state index contributed by atoms with van der Waals surface area (Å²) in [5.41, 5.74) is 0.309. The molecule has 0 aliphatic carbocycles. The van der Waals surface area contributed by atoms with Gasteiger partial charge < -0.3 is 8.98 Å². The molecule has 0 aliphatic heterocycles. The highest BCUT2D eigenvalue weighted by Crippen LogP contribution is 2.31. The number of hydrogen-bond acceptors (Lipinski definition) is 2. The Labute approximate surface area is 112 Å². The molecule has 0 radical (unpaired) electrons. The number of aryl methyl sites for hydroxylation is 1.